The Morgan fingerprint density at radius 1 is 1.40 bits per heavy atom. The van der Waals surface area contributed by atoms with Crippen LogP contribution in [0.4, 0.5) is 5.69 Å². The van der Waals surface area contributed by atoms with E-state index in [0.29, 0.717) is 6.54 Å². The Labute approximate surface area is 121 Å². The molecule has 0 radical (unpaired) electrons. The van der Waals surface area contributed by atoms with E-state index in [2.05, 4.69) is 36.1 Å². The summed E-state index contributed by atoms with van der Waals surface area (Å²) in [5.74, 6) is 0.0461. The van der Waals surface area contributed by atoms with Gasteiger partial charge in [-0.2, -0.15) is 0 Å². The first-order valence-corrected chi connectivity index (χ1v) is 7.29. The third kappa shape index (κ3) is 4.23. The van der Waals surface area contributed by atoms with Gasteiger partial charge in [0.2, 0.25) is 0 Å². The Hall–Kier alpha value is -1.55. The highest BCUT2D eigenvalue weighted by molar-refractivity contribution is 5.69. The number of piperidine rings is 1. The molecule has 20 heavy (non-hydrogen) atoms. The fourth-order valence-corrected chi connectivity index (χ4v) is 2.72. The third-order valence-corrected chi connectivity index (χ3v) is 3.92. The van der Waals surface area contributed by atoms with Crippen LogP contribution in [0, 0.1) is 5.92 Å². The molecule has 0 amide bonds. The number of benzene rings is 1. The predicted octanol–water partition coefficient (Wildman–Crippen LogP) is 2.44. The lowest BCUT2D eigenvalue weighted by atomic mass is 9.98. The van der Waals surface area contributed by atoms with Crippen LogP contribution in [0.15, 0.2) is 24.3 Å². The number of carboxylic acids is 1. The van der Waals surface area contributed by atoms with Crippen molar-refractivity contribution in [3.8, 4) is 0 Å². The monoisotopic (exact) mass is 276 g/mol. The molecule has 1 N–H and O–H groups in total. The van der Waals surface area contributed by atoms with Gasteiger partial charge in [-0.05, 0) is 43.5 Å². The van der Waals surface area contributed by atoms with E-state index in [1.165, 1.54) is 24.1 Å². The number of likely N-dealkylation sites (N-methyl/N-ethyl adjacent to an activating group) is 1. The minimum Gasteiger partial charge on any atom is -0.480 e. The molecule has 1 aliphatic rings. The molecular formula is C16H24N2O2. The second-order valence-electron chi connectivity index (χ2n) is 5.91. The molecule has 1 aromatic carbocycles. The summed E-state index contributed by atoms with van der Waals surface area (Å²) in [6.45, 7) is 5.30. The summed E-state index contributed by atoms with van der Waals surface area (Å²) in [7, 11) is 1.84. The Morgan fingerprint density at radius 2 is 2.10 bits per heavy atom. The van der Waals surface area contributed by atoms with E-state index < -0.39 is 5.97 Å². The van der Waals surface area contributed by atoms with Gasteiger partial charge in [-0.1, -0.05) is 19.1 Å². The smallest absolute Gasteiger partial charge is 0.317 e. The van der Waals surface area contributed by atoms with Gasteiger partial charge in [0.15, 0.2) is 0 Å². The third-order valence-electron chi connectivity index (χ3n) is 3.92. The normalized spacial score (nSPS) is 16.6. The van der Waals surface area contributed by atoms with Crippen molar-refractivity contribution in [2.45, 2.75) is 26.3 Å². The molecule has 0 aromatic heterocycles. The molecule has 4 heteroatoms. The van der Waals surface area contributed by atoms with Gasteiger partial charge in [0.05, 0.1) is 6.54 Å². The fourth-order valence-electron chi connectivity index (χ4n) is 2.72. The van der Waals surface area contributed by atoms with Gasteiger partial charge in [-0.15, -0.1) is 0 Å². The van der Waals surface area contributed by atoms with Gasteiger partial charge in [0.25, 0.3) is 0 Å². The van der Waals surface area contributed by atoms with Crippen molar-refractivity contribution in [3.05, 3.63) is 29.8 Å². The van der Waals surface area contributed by atoms with Crippen LogP contribution in [0.25, 0.3) is 0 Å². The number of hydrogen-bond donors (Lipinski definition) is 1. The summed E-state index contributed by atoms with van der Waals surface area (Å²) < 4.78 is 0. The van der Waals surface area contributed by atoms with Crippen LogP contribution in [0.5, 0.6) is 0 Å². The van der Waals surface area contributed by atoms with Crippen molar-refractivity contribution in [1.29, 1.82) is 0 Å². The SMILES string of the molecule is CC1CCN(c2cccc(CN(C)CC(=O)O)c2)CC1. The zero-order valence-corrected chi connectivity index (χ0v) is 12.4. The molecule has 0 bridgehead atoms. The minimum atomic E-state index is -0.784. The highest BCUT2D eigenvalue weighted by Gasteiger charge is 2.16. The molecule has 1 saturated heterocycles. The van der Waals surface area contributed by atoms with Gasteiger partial charge in [-0.25, -0.2) is 0 Å². The summed E-state index contributed by atoms with van der Waals surface area (Å²) in [5.41, 5.74) is 2.43. The highest BCUT2D eigenvalue weighted by atomic mass is 16.4. The summed E-state index contributed by atoms with van der Waals surface area (Å²) in [4.78, 5) is 14.9. The van der Waals surface area contributed by atoms with Crippen LogP contribution >= 0.6 is 0 Å². The van der Waals surface area contributed by atoms with Crippen molar-refractivity contribution in [2.24, 2.45) is 5.92 Å². The maximum Gasteiger partial charge on any atom is 0.317 e. The van der Waals surface area contributed by atoms with Gasteiger partial charge >= 0.3 is 5.97 Å². The largest absolute Gasteiger partial charge is 0.480 e. The standard InChI is InChI=1S/C16H24N2O2/c1-13-6-8-18(9-7-13)15-5-3-4-14(10-15)11-17(2)12-16(19)20/h3-5,10,13H,6-9,11-12H2,1-2H3,(H,19,20). The molecule has 1 heterocycles. The molecule has 110 valence electrons. The van der Waals surface area contributed by atoms with Gasteiger partial charge < -0.3 is 10.0 Å². The zero-order chi connectivity index (χ0) is 14.5. The molecule has 0 saturated carbocycles. The van der Waals surface area contributed by atoms with Crippen LogP contribution in [0.2, 0.25) is 0 Å². The Kier molecular flexibility index (Phi) is 5.01. The number of hydrogen-bond acceptors (Lipinski definition) is 3. The maximum absolute atomic E-state index is 10.7. The molecule has 0 atom stereocenters. The minimum absolute atomic E-state index is 0.0749. The van der Waals surface area contributed by atoms with E-state index in [1.54, 1.807) is 0 Å². The van der Waals surface area contributed by atoms with Crippen molar-refractivity contribution < 1.29 is 9.90 Å². The second-order valence-corrected chi connectivity index (χ2v) is 5.91. The lowest BCUT2D eigenvalue weighted by Crippen LogP contribution is -2.32. The van der Waals surface area contributed by atoms with Crippen molar-refractivity contribution in [1.82, 2.24) is 4.90 Å². The molecular weight excluding hydrogens is 252 g/mol. The summed E-state index contributed by atoms with van der Waals surface area (Å²) in [6, 6.07) is 8.47. The first-order chi connectivity index (χ1) is 9.54. The van der Waals surface area contributed by atoms with E-state index in [4.69, 9.17) is 5.11 Å². The number of carbonyl (C=O) groups is 1. The van der Waals surface area contributed by atoms with Crippen molar-refractivity contribution >= 4 is 11.7 Å². The Morgan fingerprint density at radius 3 is 2.75 bits per heavy atom. The number of nitrogens with zero attached hydrogens (tertiary/aromatic N) is 2. The molecule has 1 aromatic rings. The molecule has 0 aliphatic carbocycles. The van der Waals surface area contributed by atoms with E-state index in [9.17, 15) is 4.79 Å². The highest BCUT2D eigenvalue weighted by Crippen LogP contribution is 2.23. The quantitative estimate of drug-likeness (QED) is 0.897. The van der Waals surface area contributed by atoms with Crippen molar-refractivity contribution in [3.63, 3.8) is 0 Å². The van der Waals surface area contributed by atoms with Crippen LogP contribution in [-0.4, -0.2) is 42.7 Å². The average Bonchev–Trinajstić information content (AvgIpc) is 2.38. The molecule has 0 unspecified atom stereocenters. The molecule has 2 rings (SSSR count). The topological polar surface area (TPSA) is 43.8 Å². The van der Waals surface area contributed by atoms with Crippen LogP contribution in [-0.2, 0) is 11.3 Å². The number of carboxylic acid groups (broad SMARTS) is 1. The second kappa shape index (κ2) is 6.75. The van der Waals surface area contributed by atoms with E-state index in [1.807, 2.05) is 11.9 Å². The fraction of sp³-hybridized carbons (Fsp3) is 0.562. The summed E-state index contributed by atoms with van der Waals surface area (Å²) >= 11 is 0. The number of aliphatic carboxylic acids is 1. The first kappa shape index (κ1) is 14.9. The molecule has 1 fully saturated rings. The van der Waals surface area contributed by atoms with Crippen molar-refractivity contribution in [2.75, 3.05) is 31.6 Å². The van der Waals surface area contributed by atoms with Gasteiger partial charge in [0.1, 0.15) is 0 Å². The maximum atomic E-state index is 10.7. The van der Waals surface area contributed by atoms with Crippen LogP contribution < -0.4 is 4.90 Å². The lowest BCUT2D eigenvalue weighted by molar-refractivity contribution is -0.138. The summed E-state index contributed by atoms with van der Waals surface area (Å²) in [6.07, 6.45) is 2.51. The Bertz CT molecular complexity index is 454. The van der Waals surface area contributed by atoms with Crippen LogP contribution in [0.1, 0.15) is 25.3 Å². The zero-order valence-electron chi connectivity index (χ0n) is 12.4. The number of rotatable bonds is 5. The summed E-state index contributed by atoms with van der Waals surface area (Å²) in [5, 5.41) is 8.80. The van der Waals surface area contributed by atoms with E-state index in [0.717, 1.165) is 19.0 Å². The molecule has 1 aliphatic heterocycles. The first-order valence-electron chi connectivity index (χ1n) is 7.29. The average molecular weight is 276 g/mol. The van der Waals surface area contributed by atoms with Crippen LogP contribution in [0.3, 0.4) is 0 Å². The predicted molar refractivity (Wildman–Crippen MR) is 81.0 cm³/mol. The lowest BCUT2D eigenvalue weighted by Gasteiger charge is -2.32. The van der Waals surface area contributed by atoms with Gasteiger partial charge in [0, 0.05) is 25.3 Å². The van der Waals surface area contributed by atoms with E-state index >= 15 is 0 Å². The Balaban J connectivity index is 1.98. The van der Waals surface area contributed by atoms with E-state index in [-0.39, 0.29) is 6.54 Å². The van der Waals surface area contributed by atoms with Gasteiger partial charge in [-0.3, -0.25) is 9.69 Å². The molecule has 0 spiro atoms. The molecule has 4 nitrogen and oxygen atoms in total. The number of anilines is 1.